The number of likely N-dealkylation sites (tertiary alicyclic amines) is 2. The molecular formula is C21H32N4O2. The molecule has 2 saturated heterocycles. The molecular weight excluding hydrogens is 340 g/mol. The Bertz CT molecular complexity index is 647. The smallest absolute Gasteiger partial charge is 0.236 e. The van der Waals surface area contributed by atoms with Crippen LogP contribution in [0, 0.1) is 5.41 Å². The third-order valence-electron chi connectivity index (χ3n) is 6.11. The third kappa shape index (κ3) is 4.86. The Hall–Kier alpha value is -1.95. The van der Waals surface area contributed by atoms with E-state index in [-0.39, 0.29) is 17.2 Å². The normalized spacial score (nSPS) is 23.3. The van der Waals surface area contributed by atoms with Crippen molar-refractivity contribution in [2.75, 3.05) is 39.3 Å². The molecule has 0 N–H and O–H groups in total. The molecule has 2 fully saturated rings. The van der Waals surface area contributed by atoms with Gasteiger partial charge in [0.2, 0.25) is 11.8 Å². The Morgan fingerprint density at radius 2 is 2.07 bits per heavy atom. The molecule has 1 aromatic heterocycles. The van der Waals surface area contributed by atoms with Gasteiger partial charge in [0.05, 0.1) is 6.54 Å². The molecule has 0 aliphatic carbocycles. The molecule has 0 aromatic carbocycles. The summed E-state index contributed by atoms with van der Waals surface area (Å²) in [5, 5.41) is 0. The molecule has 0 saturated carbocycles. The number of carbonyl (C=O) groups is 2. The number of nitrogens with zero attached hydrogens (tertiary/aromatic N) is 4. The summed E-state index contributed by atoms with van der Waals surface area (Å²) in [6, 6.07) is 3.93. The fourth-order valence-electron chi connectivity index (χ4n) is 4.45. The second-order valence-corrected chi connectivity index (χ2v) is 7.99. The van der Waals surface area contributed by atoms with E-state index in [1.165, 1.54) is 0 Å². The Kier molecular flexibility index (Phi) is 6.47. The van der Waals surface area contributed by atoms with Gasteiger partial charge in [-0.3, -0.25) is 19.5 Å². The van der Waals surface area contributed by atoms with Crippen LogP contribution in [-0.2, 0) is 16.1 Å². The summed E-state index contributed by atoms with van der Waals surface area (Å²) in [6.45, 7) is 9.47. The predicted molar refractivity (Wildman–Crippen MR) is 105 cm³/mol. The number of hydrogen-bond acceptors (Lipinski definition) is 4. The van der Waals surface area contributed by atoms with Gasteiger partial charge in [-0.2, -0.15) is 0 Å². The van der Waals surface area contributed by atoms with Gasteiger partial charge in [0, 0.05) is 50.4 Å². The van der Waals surface area contributed by atoms with E-state index in [9.17, 15) is 9.59 Å². The van der Waals surface area contributed by atoms with Crippen molar-refractivity contribution in [3.8, 4) is 0 Å². The lowest BCUT2D eigenvalue weighted by Gasteiger charge is -2.48. The van der Waals surface area contributed by atoms with E-state index in [1.807, 2.05) is 28.1 Å². The summed E-state index contributed by atoms with van der Waals surface area (Å²) >= 11 is 0. The molecule has 6 nitrogen and oxygen atoms in total. The SMILES string of the molecule is CCN(CC)CC(=O)N1CCC[C@]2(CCC(=O)N(Cc3cccnc3)C2)C1. The van der Waals surface area contributed by atoms with E-state index in [0.29, 0.717) is 19.5 Å². The molecule has 1 aromatic rings. The molecule has 1 atom stereocenters. The average Bonchev–Trinajstić information content (AvgIpc) is 2.70. The molecule has 0 radical (unpaired) electrons. The lowest BCUT2D eigenvalue weighted by Crippen LogP contribution is -2.56. The summed E-state index contributed by atoms with van der Waals surface area (Å²) in [6.07, 6.45) is 7.18. The number of rotatable bonds is 6. The molecule has 2 amide bonds. The fraction of sp³-hybridized carbons (Fsp3) is 0.667. The van der Waals surface area contributed by atoms with Crippen LogP contribution in [0.4, 0.5) is 0 Å². The van der Waals surface area contributed by atoms with Crippen molar-refractivity contribution >= 4 is 11.8 Å². The minimum atomic E-state index is 0.0489. The van der Waals surface area contributed by atoms with Gasteiger partial charge in [0.1, 0.15) is 0 Å². The highest BCUT2D eigenvalue weighted by Gasteiger charge is 2.42. The minimum Gasteiger partial charge on any atom is -0.341 e. The monoisotopic (exact) mass is 372 g/mol. The van der Waals surface area contributed by atoms with Crippen molar-refractivity contribution < 1.29 is 9.59 Å². The van der Waals surface area contributed by atoms with Crippen molar-refractivity contribution in [3.05, 3.63) is 30.1 Å². The standard InChI is InChI=1S/C21H32N4O2/c1-3-23(4-2)15-20(27)24-12-6-9-21(16-24)10-8-19(26)25(17-21)14-18-7-5-11-22-13-18/h5,7,11,13H,3-4,6,8-10,12,14-17H2,1-2H3/t21-/m0/s1. The molecule has 3 heterocycles. The predicted octanol–water partition coefficient (Wildman–Crippen LogP) is 2.15. The quantitative estimate of drug-likeness (QED) is 0.768. The first-order valence-corrected chi connectivity index (χ1v) is 10.2. The van der Waals surface area contributed by atoms with Crippen molar-refractivity contribution in [1.29, 1.82) is 0 Å². The first kappa shape index (κ1) is 19.8. The van der Waals surface area contributed by atoms with Gasteiger partial charge in [0.15, 0.2) is 0 Å². The lowest BCUT2D eigenvalue weighted by atomic mass is 9.73. The summed E-state index contributed by atoms with van der Waals surface area (Å²) in [4.78, 5) is 35.6. The molecule has 6 heteroatoms. The first-order valence-electron chi connectivity index (χ1n) is 10.2. The number of hydrogen-bond donors (Lipinski definition) is 0. The molecule has 0 bridgehead atoms. The molecule has 3 rings (SSSR count). The van der Waals surface area contributed by atoms with Gasteiger partial charge in [-0.15, -0.1) is 0 Å². The first-order chi connectivity index (χ1) is 13.0. The highest BCUT2D eigenvalue weighted by Crippen LogP contribution is 2.39. The summed E-state index contributed by atoms with van der Waals surface area (Å²) in [7, 11) is 0. The zero-order valence-corrected chi connectivity index (χ0v) is 16.7. The van der Waals surface area contributed by atoms with Gasteiger partial charge in [0.25, 0.3) is 0 Å². The highest BCUT2D eigenvalue weighted by atomic mass is 16.2. The lowest BCUT2D eigenvalue weighted by molar-refractivity contribution is -0.144. The fourth-order valence-corrected chi connectivity index (χ4v) is 4.45. The van der Waals surface area contributed by atoms with Crippen LogP contribution in [-0.4, -0.2) is 70.8 Å². The van der Waals surface area contributed by atoms with Crippen LogP contribution in [0.15, 0.2) is 24.5 Å². The maximum atomic E-state index is 12.8. The number of pyridine rings is 1. The highest BCUT2D eigenvalue weighted by molar-refractivity contribution is 5.79. The topological polar surface area (TPSA) is 56.8 Å². The second kappa shape index (κ2) is 8.83. The van der Waals surface area contributed by atoms with E-state index in [4.69, 9.17) is 0 Å². The van der Waals surface area contributed by atoms with Gasteiger partial charge in [-0.1, -0.05) is 19.9 Å². The molecule has 2 aliphatic rings. The Labute approximate surface area is 162 Å². The Morgan fingerprint density at radius 1 is 1.26 bits per heavy atom. The number of likely N-dealkylation sites (N-methyl/N-ethyl adjacent to an activating group) is 1. The molecule has 0 unspecified atom stereocenters. The van der Waals surface area contributed by atoms with Crippen molar-refractivity contribution in [2.24, 2.45) is 5.41 Å². The van der Waals surface area contributed by atoms with E-state index in [2.05, 4.69) is 23.7 Å². The summed E-state index contributed by atoms with van der Waals surface area (Å²) < 4.78 is 0. The van der Waals surface area contributed by atoms with Crippen molar-refractivity contribution in [1.82, 2.24) is 19.7 Å². The summed E-state index contributed by atoms with van der Waals surface area (Å²) in [5.74, 6) is 0.449. The van der Waals surface area contributed by atoms with Crippen LogP contribution in [0.1, 0.15) is 45.1 Å². The minimum absolute atomic E-state index is 0.0489. The van der Waals surface area contributed by atoms with Crippen molar-refractivity contribution in [2.45, 2.75) is 46.1 Å². The number of carbonyl (C=O) groups excluding carboxylic acids is 2. The van der Waals surface area contributed by atoms with Gasteiger partial charge < -0.3 is 9.80 Å². The average molecular weight is 373 g/mol. The maximum Gasteiger partial charge on any atom is 0.236 e. The Morgan fingerprint density at radius 3 is 2.78 bits per heavy atom. The van der Waals surface area contributed by atoms with E-state index in [1.54, 1.807) is 6.20 Å². The number of amides is 2. The maximum absolute atomic E-state index is 12.8. The molecule has 2 aliphatic heterocycles. The molecule has 27 heavy (non-hydrogen) atoms. The largest absolute Gasteiger partial charge is 0.341 e. The second-order valence-electron chi connectivity index (χ2n) is 7.99. The van der Waals surface area contributed by atoms with Gasteiger partial charge >= 0.3 is 0 Å². The zero-order chi connectivity index (χ0) is 19.3. The van der Waals surface area contributed by atoms with Crippen LogP contribution < -0.4 is 0 Å². The van der Waals surface area contributed by atoms with Crippen LogP contribution in [0.2, 0.25) is 0 Å². The Balaban J connectivity index is 1.65. The molecule has 1 spiro atoms. The van der Waals surface area contributed by atoms with E-state index < -0.39 is 0 Å². The van der Waals surface area contributed by atoms with Crippen LogP contribution >= 0.6 is 0 Å². The van der Waals surface area contributed by atoms with Gasteiger partial charge in [-0.25, -0.2) is 0 Å². The van der Waals surface area contributed by atoms with E-state index >= 15 is 0 Å². The number of piperidine rings is 2. The van der Waals surface area contributed by atoms with Crippen LogP contribution in [0.3, 0.4) is 0 Å². The molecule has 148 valence electrons. The van der Waals surface area contributed by atoms with Crippen LogP contribution in [0.5, 0.6) is 0 Å². The van der Waals surface area contributed by atoms with Crippen molar-refractivity contribution in [3.63, 3.8) is 0 Å². The number of aromatic nitrogens is 1. The third-order valence-corrected chi connectivity index (χ3v) is 6.11. The van der Waals surface area contributed by atoms with Crippen LogP contribution in [0.25, 0.3) is 0 Å². The zero-order valence-electron chi connectivity index (χ0n) is 16.7. The van der Waals surface area contributed by atoms with Gasteiger partial charge in [-0.05, 0) is 44.0 Å². The van der Waals surface area contributed by atoms with E-state index in [0.717, 1.165) is 57.5 Å². The summed E-state index contributed by atoms with van der Waals surface area (Å²) in [5.41, 5.74) is 1.11.